The molecular formula is C16H13N3O. The number of phenolic OH excluding ortho intramolecular Hbond substituents is 1. The smallest absolute Gasteiger partial charge is 0.141 e. The minimum absolute atomic E-state index is 0.236. The summed E-state index contributed by atoms with van der Waals surface area (Å²) >= 11 is 0. The van der Waals surface area contributed by atoms with Crippen LogP contribution in [-0.2, 0) is 6.54 Å². The number of fused-ring (bicyclic) bond motifs is 1. The number of aromatic nitrogens is 2. The van der Waals surface area contributed by atoms with Gasteiger partial charge in [0.25, 0.3) is 0 Å². The van der Waals surface area contributed by atoms with Crippen molar-refractivity contribution < 1.29 is 5.11 Å². The van der Waals surface area contributed by atoms with E-state index in [-0.39, 0.29) is 5.75 Å². The molecule has 3 rings (SSSR count). The lowest BCUT2D eigenvalue weighted by Crippen LogP contribution is -1.97. The van der Waals surface area contributed by atoms with Crippen molar-refractivity contribution in [2.45, 2.75) is 13.5 Å². The van der Waals surface area contributed by atoms with Crippen molar-refractivity contribution in [2.24, 2.45) is 0 Å². The summed E-state index contributed by atoms with van der Waals surface area (Å²) in [5.74, 6) is 1.08. The van der Waals surface area contributed by atoms with E-state index in [1.165, 1.54) is 0 Å². The summed E-state index contributed by atoms with van der Waals surface area (Å²) in [6.45, 7) is 2.85. The van der Waals surface area contributed by atoms with Crippen LogP contribution in [0.15, 0.2) is 42.5 Å². The van der Waals surface area contributed by atoms with Gasteiger partial charge in [-0.1, -0.05) is 0 Å². The second kappa shape index (κ2) is 4.71. The molecule has 3 aromatic rings. The molecule has 0 aliphatic rings. The predicted octanol–water partition coefficient (Wildman–Crippen LogP) is 3.30. The van der Waals surface area contributed by atoms with Gasteiger partial charge in [0.15, 0.2) is 0 Å². The Kier molecular flexibility index (Phi) is 2.88. The van der Waals surface area contributed by atoms with Gasteiger partial charge in [-0.05, 0) is 49.4 Å². The summed E-state index contributed by atoms with van der Waals surface area (Å²) in [4.78, 5) is 4.62. The maximum absolute atomic E-state index is 9.37. The summed E-state index contributed by atoms with van der Waals surface area (Å²) in [5, 5.41) is 18.3. The fraction of sp³-hybridized carbons (Fsp3) is 0.125. The minimum atomic E-state index is 0.236. The fourth-order valence-corrected chi connectivity index (χ4v) is 2.35. The van der Waals surface area contributed by atoms with Gasteiger partial charge in [0.1, 0.15) is 11.6 Å². The van der Waals surface area contributed by atoms with Crippen molar-refractivity contribution in [3.05, 3.63) is 48.0 Å². The highest BCUT2D eigenvalue weighted by atomic mass is 16.3. The molecule has 20 heavy (non-hydrogen) atoms. The third kappa shape index (κ3) is 1.90. The average Bonchev–Trinajstić information content (AvgIpc) is 2.85. The Labute approximate surface area is 116 Å². The van der Waals surface area contributed by atoms with Gasteiger partial charge < -0.3 is 9.67 Å². The number of benzene rings is 2. The molecule has 0 atom stereocenters. The highest BCUT2D eigenvalue weighted by molar-refractivity contribution is 5.82. The first-order valence-corrected chi connectivity index (χ1v) is 6.42. The highest BCUT2D eigenvalue weighted by Crippen LogP contribution is 2.26. The third-order valence-corrected chi connectivity index (χ3v) is 3.32. The molecule has 98 valence electrons. The Balaban J connectivity index is 2.25. The predicted molar refractivity (Wildman–Crippen MR) is 77.2 cm³/mol. The monoisotopic (exact) mass is 263 g/mol. The zero-order chi connectivity index (χ0) is 14.1. The molecule has 0 saturated heterocycles. The number of rotatable bonds is 2. The number of phenols is 1. The van der Waals surface area contributed by atoms with Crippen molar-refractivity contribution >= 4 is 11.0 Å². The fourth-order valence-electron chi connectivity index (χ4n) is 2.35. The molecule has 0 bridgehead atoms. The first-order valence-electron chi connectivity index (χ1n) is 6.42. The Morgan fingerprint density at radius 2 is 1.95 bits per heavy atom. The molecule has 0 spiro atoms. The SMILES string of the molecule is CCn1c(-c2ccc(O)cc2)nc2cc(C#N)ccc21. The van der Waals surface area contributed by atoms with Crippen molar-refractivity contribution in [3.63, 3.8) is 0 Å². The van der Waals surface area contributed by atoms with Crippen LogP contribution >= 0.6 is 0 Å². The van der Waals surface area contributed by atoms with Gasteiger partial charge in [-0.25, -0.2) is 4.98 Å². The van der Waals surface area contributed by atoms with Crippen LogP contribution in [0.1, 0.15) is 12.5 Å². The van der Waals surface area contributed by atoms with E-state index in [9.17, 15) is 5.11 Å². The zero-order valence-corrected chi connectivity index (χ0v) is 11.0. The largest absolute Gasteiger partial charge is 0.508 e. The molecule has 0 unspecified atom stereocenters. The van der Waals surface area contributed by atoms with Crippen LogP contribution in [0.2, 0.25) is 0 Å². The number of imidazole rings is 1. The number of aromatic hydroxyl groups is 1. The summed E-state index contributed by atoms with van der Waals surface area (Å²) in [6.07, 6.45) is 0. The van der Waals surface area contributed by atoms with Crippen LogP contribution in [0.5, 0.6) is 5.75 Å². The summed E-state index contributed by atoms with van der Waals surface area (Å²) in [7, 11) is 0. The Bertz CT molecular complexity index is 810. The second-order valence-corrected chi connectivity index (χ2v) is 4.54. The van der Waals surface area contributed by atoms with Crippen LogP contribution in [0.25, 0.3) is 22.4 Å². The minimum Gasteiger partial charge on any atom is -0.508 e. The summed E-state index contributed by atoms with van der Waals surface area (Å²) in [6, 6.07) is 14.6. The lowest BCUT2D eigenvalue weighted by molar-refractivity contribution is 0.475. The quantitative estimate of drug-likeness (QED) is 0.771. The molecule has 4 heteroatoms. The molecule has 4 nitrogen and oxygen atoms in total. The van der Waals surface area contributed by atoms with Gasteiger partial charge in [-0.3, -0.25) is 0 Å². The van der Waals surface area contributed by atoms with Crippen molar-refractivity contribution in [2.75, 3.05) is 0 Å². The first-order chi connectivity index (χ1) is 9.72. The number of nitrogens with zero attached hydrogens (tertiary/aromatic N) is 3. The van der Waals surface area contributed by atoms with E-state index >= 15 is 0 Å². The van der Waals surface area contributed by atoms with Crippen molar-refractivity contribution in [1.29, 1.82) is 5.26 Å². The topological polar surface area (TPSA) is 61.8 Å². The second-order valence-electron chi connectivity index (χ2n) is 4.54. The van der Waals surface area contributed by atoms with Gasteiger partial charge in [-0.2, -0.15) is 5.26 Å². The van der Waals surface area contributed by atoms with Gasteiger partial charge in [-0.15, -0.1) is 0 Å². The van der Waals surface area contributed by atoms with E-state index in [1.807, 2.05) is 18.2 Å². The molecule has 0 saturated carbocycles. The molecule has 0 aliphatic carbocycles. The Morgan fingerprint density at radius 3 is 2.60 bits per heavy atom. The number of nitriles is 1. The molecule has 1 N–H and O–H groups in total. The van der Waals surface area contributed by atoms with E-state index < -0.39 is 0 Å². The number of hydrogen-bond donors (Lipinski definition) is 1. The van der Waals surface area contributed by atoms with Gasteiger partial charge in [0.05, 0.1) is 22.7 Å². The zero-order valence-electron chi connectivity index (χ0n) is 11.0. The van der Waals surface area contributed by atoms with Gasteiger partial charge in [0.2, 0.25) is 0 Å². The van der Waals surface area contributed by atoms with Crippen LogP contribution in [-0.4, -0.2) is 14.7 Å². The van der Waals surface area contributed by atoms with Gasteiger partial charge >= 0.3 is 0 Å². The number of hydrogen-bond acceptors (Lipinski definition) is 3. The summed E-state index contributed by atoms with van der Waals surface area (Å²) < 4.78 is 2.10. The van der Waals surface area contributed by atoms with Crippen molar-refractivity contribution in [3.8, 4) is 23.2 Å². The first kappa shape index (κ1) is 12.2. The lowest BCUT2D eigenvalue weighted by atomic mass is 10.2. The van der Waals surface area contributed by atoms with Crippen LogP contribution in [0.4, 0.5) is 0 Å². The molecule has 0 radical (unpaired) electrons. The maximum atomic E-state index is 9.37. The molecular weight excluding hydrogens is 250 g/mol. The Morgan fingerprint density at radius 1 is 1.20 bits per heavy atom. The van der Waals surface area contributed by atoms with Gasteiger partial charge in [0, 0.05) is 12.1 Å². The lowest BCUT2D eigenvalue weighted by Gasteiger charge is -2.06. The molecule has 1 aromatic heterocycles. The van der Waals surface area contributed by atoms with E-state index in [1.54, 1.807) is 24.3 Å². The van der Waals surface area contributed by atoms with E-state index in [4.69, 9.17) is 5.26 Å². The van der Waals surface area contributed by atoms with E-state index in [0.717, 1.165) is 29.0 Å². The Hall–Kier alpha value is -2.80. The molecule has 1 heterocycles. The summed E-state index contributed by atoms with van der Waals surface area (Å²) in [5.41, 5.74) is 3.37. The molecule has 0 aliphatic heterocycles. The standard InChI is InChI=1S/C16H13N3O/c1-2-19-15-8-3-11(10-17)9-14(15)18-16(19)12-4-6-13(20)7-5-12/h3-9,20H,2H2,1H3. The van der Waals surface area contributed by atoms with Crippen LogP contribution in [0.3, 0.4) is 0 Å². The van der Waals surface area contributed by atoms with Crippen LogP contribution in [0, 0.1) is 11.3 Å². The van der Waals surface area contributed by atoms with E-state index in [0.29, 0.717) is 5.56 Å². The molecule has 0 amide bonds. The highest BCUT2D eigenvalue weighted by Gasteiger charge is 2.11. The normalized spacial score (nSPS) is 10.6. The molecule has 2 aromatic carbocycles. The average molecular weight is 263 g/mol. The molecule has 0 fully saturated rings. The van der Waals surface area contributed by atoms with E-state index in [2.05, 4.69) is 22.5 Å². The van der Waals surface area contributed by atoms with Crippen molar-refractivity contribution in [1.82, 2.24) is 9.55 Å². The maximum Gasteiger partial charge on any atom is 0.141 e. The van der Waals surface area contributed by atoms with Crippen LogP contribution < -0.4 is 0 Å². The number of aryl methyl sites for hydroxylation is 1. The third-order valence-electron chi connectivity index (χ3n) is 3.32.